The van der Waals surface area contributed by atoms with Crippen LogP contribution in [0.25, 0.3) is 5.69 Å². The van der Waals surface area contributed by atoms with Crippen LogP contribution >= 0.6 is 11.6 Å². The van der Waals surface area contributed by atoms with E-state index in [4.69, 9.17) is 16.7 Å². The first-order valence-electron chi connectivity index (χ1n) is 8.16. The van der Waals surface area contributed by atoms with Crippen LogP contribution in [0, 0.1) is 6.92 Å². The van der Waals surface area contributed by atoms with Crippen LogP contribution in [0.15, 0.2) is 58.7 Å². The van der Waals surface area contributed by atoms with Gasteiger partial charge < -0.3 is 10.0 Å². The Morgan fingerprint density at radius 2 is 1.96 bits per heavy atom. The average molecular weight is 421 g/mol. The van der Waals surface area contributed by atoms with Gasteiger partial charge in [-0.05, 0) is 30.7 Å². The zero-order valence-corrected chi connectivity index (χ0v) is 16.6. The van der Waals surface area contributed by atoms with Crippen LogP contribution in [-0.4, -0.2) is 46.3 Å². The number of amides is 1. The number of carboxylic acid groups (broad SMARTS) is 1. The Kier molecular flexibility index (Phi) is 5.39. The molecule has 3 rings (SSSR count). The topological polar surface area (TPSA) is 105 Å². The van der Waals surface area contributed by atoms with E-state index >= 15 is 0 Å². The molecule has 1 N–H and O–H groups in total. The lowest BCUT2D eigenvalue weighted by molar-refractivity contribution is 0.153. The first-order valence-corrected chi connectivity index (χ1v) is 10.0. The second-order valence-electron chi connectivity index (χ2n) is 6.15. The third-order valence-electron chi connectivity index (χ3n) is 3.97. The van der Waals surface area contributed by atoms with Crippen molar-refractivity contribution >= 4 is 27.5 Å². The fraction of sp³-hybridized carbons (Fsp3) is 0.167. The smallest absolute Gasteiger partial charge is 0.407 e. The SMILES string of the molecule is Cc1ccc(S(=O)(=O)c2cc(CN(C)C(=O)O)nn2-c2ccccc2Cl)nc1. The van der Waals surface area contributed by atoms with Crippen molar-refractivity contribution in [3.63, 3.8) is 0 Å². The molecule has 0 aliphatic heterocycles. The van der Waals surface area contributed by atoms with Crippen LogP contribution in [0.4, 0.5) is 4.79 Å². The van der Waals surface area contributed by atoms with Gasteiger partial charge in [0.1, 0.15) is 0 Å². The molecule has 8 nitrogen and oxygen atoms in total. The first kappa shape index (κ1) is 19.8. The monoisotopic (exact) mass is 420 g/mol. The van der Waals surface area contributed by atoms with E-state index in [1.807, 2.05) is 0 Å². The maximum atomic E-state index is 13.2. The van der Waals surface area contributed by atoms with E-state index < -0.39 is 15.9 Å². The number of pyridine rings is 1. The molecule has 28 heavy (non-hydrogen) atoms. The van der Waals surface area contributed by atoms with E-state index in [-0.39, 0.29) is 22.3 Å². The summed E-state index contributed by atoms with van der Waals surface area (Å²) in [7, 11) is -2.65. The zero-order valence-electron chi connectivity index (χ0n) is 15.1. The molecule has 0 aliphatic rings. The first-order chi connectivity index (χ1) is 13.2. The molecular formula is C18H17ClN4O4S. The lowest BCUT2D eigenvalue weighted by Gasteiger charge is -2.10. The summed E-state index contributed by atoms with van der Waals surface area (Å²) in [6, 6.07) is 11.0. The second kappa shape index (κ2) is 7.61. The Balaban J connectivity index is 2.18. The number of aromatic nitrogens is 3. The number of hydrogen-bond acceptors (Lipinski definition) is 5. The molecule has 0 atom stereocenters. The summed E-state index contributed by atoms with van der Waals surface area (Å²) in [4.78, 5) is 16.1. The van der Waals surface area contributed by atoms with Gasteiger partial charge in [-0.1, -0.05) is 29.8 Å². The third-order valence-corrected chi connectivity index (χ3v) is 5.92. The highest BCUT2D eigenvalue weighted by Crippen LogP contribution is 2.27. The van der Waals surface area contributed by atoms with Gasteiger partial charge in [0.2, 0.25) is 9.84 Å². The fourth-order valence-corrected chi connectivity index (χ4v) is 4.03. The molecule has 3 aromatic rings. The number of benzene rings is 1. The van der Waals surface area contributed by atoms with Gasteiger partial charge in [0.05, 0.1) is 22.9 Å². The summed E-state index contributed by atoms with van der Waals surface area (Å²) in [5.74, 6) is 0. The van der Waals surface area contributed by atoms with Crippen LogP contribution in [0.2, 0.25) is 5.02 Å². The minimum atomic E-state index is -4.02. The van der Waals surface area contributed by atoms with Gasteiger partial charge in [0.25, 0.3) is 0 Å². The van der Waals surface area contributed by atoms with Gasteiger partial charge in [-0.25, -0.2) is 22.9 Å². The highest BCUT2D eigenvalue weighted by molar-refractivity contribution is 7.91. The number of halogens is 1. The summed E-state index contributed by atoms with van der Waals surface area (Å²) in [5.41, 5.74) is 1.44. The van der Waals surface area contributed by atoms with Crippen LogP contribution < -0.4 is 0 Å². The van der Waals surface area contributed by atoms with Crippen molar-refractivity contribution in [2.45, 2.75) is 23.5 Å². The van der Waals surface area contributed by atoms with Crippen molar-refractivity contribution in [1.29, 1.82) is 0 Å². The van der Waals surface area contributed by atoms with Crippen molar-refractivity contribution in [1.82, 2.24) is 19.7 Å². The predicted octanol–water partition coefficient (Wildman–Crippen LogP) is 3.17. The Labute approximate surface area is 166 Å². The highest BCUT2D eigenvalue weighted by Gasteiger charge is 2.27. The Hall–Kier alpha value is -2.91. The van der Waals surface area contributed by atoms with E-state index in [2.05, 4.69) is 10.1 Å². The normalized spacial score (nSPS) is 11.4. The molecule has 0 radical (unpaired) electrons. The molecular weight excluding hydrogens is 404 g/mol. The Bertz CT molecular complexity index is 1130. The number of aryl methyl sites for hydroxylation is 1. The van der Waals surface area contributed by atoms with Gasteiger partial charge >= 0.3 is 6.09 Å². The molecule has 0 saturated heterocycles. The molecule has 0 spiro atoms. The quantitative estimate of drug-likeness (QED) is 0.679. The lowest BCUT2D eigenvalue weighted by Crippen LogP contribution is -2.24. The van der Waals surface area contributed by atoms with E-state index in [1.165, 1.54) is 30.1 Å². The molecule has 0 aliphatic carbocycles. The summed E-state index contributed by atoms with van der Waals surface area (Å²) >= 11 is 6.24. The lowest BCUT2D eigenvalue weighted by atomic mass is 10.3. The third kappa shape index (κ3) is 3.85. The van der Waals surface area contributed by atoms with Gasteiger partial charge in [-0.2, -0.15) is 5.10 Å². The zero-order chi connectivity index (χ0) is 20.5. The number of nitrogens with zero attached hydrogens (tertiary/aromatic N) is 4. The minimum absolute atomic E-state index is 0.0867. The number of sulfone groups is 1. The maximum Gasteiger partial charge on any atom is 0.407 e. The summed E-state index contributed by atoms with van der Waals surface area (Å²) in [6.45, 7) is 1.72. The molecule has 1 amide bonds. The van der Waals surface area contributed by atoms with Gasteiger partial charge in [0, 0.05) is 19.3 Å². The van der Waals surface area contributed by atoms with Crippen LogP contribution in [0.3, 0.4) is 0 Å². The van der Waals surface area contributed by atoms with E-state index in [1.54, 1.807) is 37.3 Å². The molecule has 0 unspecified atom stereocenters. The minimum Gasteiger partial charge on any atom is -0.465 e. The van der Waals surface area contributed by atoms with Gasteiger partial charge in [-0.3, -0.25) is 0 Å². The number of hydrogen-bond donors (Lipinski definition) is 1. The molecule has 2 aromatic heterocycles. The average Bonchev–Trinajstić information content (AvgIpc) is 3.06. The highest BCUT2D eigenvalue weighted by atomic mass is 35.5. The molecule has 10 heteroatoms. The number of carbonyl (C=O) groups is 1. The summed E-state index contributed by atoms with van der Waals surface area (Å²) < 4.78 is 27.6. The second-order valence-corrected chi connectivity index (χ2v) is 8.40. The van der Waals surface area contributed by atoms with Gasteiger partial charge in [0.15, 0.2) is 10.1 Å². The Morgan fingerprint density at radius 1 is 1.25 bits per heavy atom. The molecule has 146 valence electrons. The molecule has 0 fully saturated rings. The van der Waals surface area contributed by atoms with Crippen molar-refractivity contribution in [3.05, 3.63) is 64.9 Å². The number of para-hydroxylation sites is 1. The van der Waals surface area contributed by atoms with E-state index in [9.17, 15) is 13.2 Å². The van der Waals surface area contributed by atoms with Crippen molar-refractivity contribution in [2.24, 2.45) is 0 Å². The largest absolute Gasteiger partial charge is 0.465 e. The Morgan fingerprint density at radius 3 is 2.57 bits per heavy atom. The van der Waals surface area contributed by atoms with Crippen molar-refractivity contribution in [3.8, 4) is 5.69 Å². The molecule has 1 aromatic carbocycles. The standard InChI is InChI=1S/C18H17ClN4O4S/c1-12-7-8-16(20-10-12)28(26,27)17-9-13(11-22(2)18(24)25)21-23(17)15-6-4-3-5-14(15)19/h3-10H,11H2,1-2H3,(H,24,25). The molecule has 0 saturated carbocycles. The van der Waals surface area contributed by atoms with Crippen molar-refractivity contribution < 1.29 is 18.3 Å². The van der Waals surface area contributed by atoms with Crippen LogP contribution in [0.1, 0.15) is 11.3 Å². The summed E-state index contributed by atoms with van der Waals surface area (Å²) in [5, 5.41) is 13.4. The van der Waals surface area contributed by atoms with E-state index in [0.717, 1.165) is 10.5 Å². The van der Waals surface area contributed by atoms with E-state index in [0.29, 0.717) is 10.7 Å². The molecule has 2 heterocycles. The number of rotatable bonds is 5. The maximum absolute atomic E-state index is 13.2. The predicted molar refractivity (Wildman–Crippen MR) is 102 cm³/mol. The van der Waals surface area contributed by atoms with Crippen LogP contribution in [0.5, 0.6) is 0 Å². The summed E-state index contributed by atoms with van der Waals surface area (Å²) in [6.07, 6.45) is 0.305. The van der Waals surface area contributed by atoms with Crippen LogP contribution in [-0.2, 0) is 16.4 Å². The fourth-order valence-electron chi connectivity index (χ4n) is 2.51. The van der Waals surface area contributed by atoms with Gasteiger partial charge in [-0.15, -0.1) is 0 Å². The van der Waals surface area contributed by atoms with Crippen molar-refractivity contribution in [2.75, 3.05) is 7.05 Å². The molecule has 0 bridgehead atoms.